The first-order chi connectivity index (χ1) is 14.1. The molecule has 1 aliphatic carbocycles. The summed E-state index contributed by atoms with van der Waals surface area (Å²) in [6.45, 7) is 3.97. The summed E-state index contributed by atoms with van der Waals surface area (Å²) in [5.74, 6) is -1.13. The van der Waals surface area contributed by atoms with Gasteiger partial charge in [-0.25, -0.2) is 5.43 Å². The fourth-order valence-electron chi connectivity index (χ4n) is 2.99. The third-order valence-electron chi connectivity index (χ3n) is 4.32. The number of nitrogens with one attached hydrogen (secondary N) is 2. The molecule has 0 saturated carbocycles. The average Bonchev–Trinajstić information content (AvgIpc) is 3.09. The zero-order valence-corrected chi connectivity index (χ0v) is 16.6. The van der Waals surface area contributed by atoms with Crippen molar-refractivity contribution in [1.29, 1.82) is 5.26 Å². The predicted octanol–water partition coefficient (Wildman–Crippen LogP) is 3.15. The first-order valence-corrected chi connectivity index (χ1v) is 9.96. The highest BCUT2D eigenvalue weighted by Crippen LogP contribution is 2.37. The number of hydrazone groups is 1. The third kappa shape index (κ3) is 5.09. The normalized spacial score (nSPS) is 12.7. The number of rotatable bonds is 6. The highest BCUT2D eigenvalue weighted by atomic mass is 32.1. The van der Waals surface area contributed by atoms with Crippen LogP contribution in [0.25, 0.3) is 0 Å². The Kier molecular flexibility index (Phi) is 6.76. The lowest BCUT2D eigenvalue weighted by atomic mass is 9.96. The molecule has 0 radical (unpaired) electrons. The molecule has 0 saturated heterocycles. The maximum absolute atomic E-state index is 12.2. The minimum Gasteiger partial charge on any atom is -0.490 e. The van der Waals surface area contributed by atoms with E-state index in [4.69, 9.17) is 4.74 Å². The van der Waals surface area contributed by atoms with Gasteiger partial charge in [-0.1, -0.05) is 24.8 Å². The number of fused-ring (bicyclic) bond motifs is 1. The molecule has 1 aliphatic rings. The molecule has 0 atom stereocenters. The monoisotopic (exact) mass is 408 g/mol. The lowest BCUT2D eigenvalue weighted by Crippen LogP contribution is -2.32. The van der Waals surface area contributed by atoms with Crippen LogP contribution in [0.1, 0.15) is 34.4 Å². The standard InChI is InChI=1S/C21H20N4O3S/c1-2-10-28-15-7-5-6-14(11-15)13-23-25-20(27)19(26)24-21-17(12-22)16-8-3-4-9-18(16)29-21/h2,5-7,11,13H,1,3-4,8-10H2,(H,24,26)(H,25,27)/b23-13-. The molecule has 3 rings (SSSR count). The molecule has 1 aromatic heterocycles. The first kappa shape index (κ1) is 20.3. The molecule has 8 heteroatoms. The van der Waals surface area contributed by atoms with Gasteiger partial charge in [-0.05, 0) is 48.9 Å². The molecule has 29 heavy (non-hydrogen) atoms. The van der Waals surface area contributed by atoms with Crippen molar-refractivity contribution in [3.8, 4) is 11.8 Å². The van der Waals surface area contributed by atoms with E-state index in [-0.39, 0.29) is 0 Å². The number of benzene rings is 1. The van der Waals surface area contributed by atoms with Crippen molar-refractivity contribution in [3.63, 3.8) is 0 Å². The van der Waals surface area contributed by atoms with E-state index in [9.17, 15) is 14.9 Å². The number of hydrogen-bond acceptors (Lipinski definition) is 6. The second-order valence-electron chi connectivity index (χ2n) is 6.35. The molecule has 2 N–H and O–H groups in total. The molecule has 0 unspecified atom stereocenters. The summed E-state index contributed by atoms with van der Waals surface area (Å²) in [4.78, 5) is 25.3. The number of hydrogen-bond donors (Lipinski definition) is 2. The highest BCUT2D eigenvalue weighted by Gasteiger charge is 2.23. The zero-order valence-electron chi connectivity index (χ0n) is 15.7. The molecule has 2 amide bonds. The van der Waals surface area contributed by atoms with E-state index in [1.165, 1.54) is 17.6 Å². The van der Waals surface area contributed by atoms with Gasteiger partial charge in [0, 0.05) is 4.88 Å². The van der Waals surface area contributed by atoms with Gasteiger partial charge in [0.25, 0.3) is 0 Å². The number of aryl methyl sites for hydroxylation is 1. The third-order valence-corrected chi connectivity index (χ3v) is 5.53. The Bertz CT molecular complexity index is 1000. The topological polar surface area (TPSA) is 104 Å². The minimum atomic E-state index is -0.907. The van der Waals surface area contributed by atoms with Crippen LogP contribution in [-0.4, -0.2) is 24.6 Å². The van der Waals surface area contributed by atoms with Crippen molar-refractivity contribution < 1.29 is 14.3 Å². The Morgan fingerprint density at radius 1 is 1.31 bits per heavy atom. The summed E-state index contributed by atoms with van der Waals surface area (Å²) >= 11 is 1.37. The maximum Gasteiger partial charge on any atom is 0.329 e. The average molecular weight is 408 g/mol. The number of amides is 2. The van der Waals surface area contributed by atoms with Gasteiger partial charge in [0.1, 0.15) is 23.4 Å². The largest absolute Gasteiger partial charge is 0.490 e. The highest BCUT2D eigenvalue weighted by molar-refractivity contribution is 7.16. The zero-order chi connectivity index (χ0) is 20.6. The van der Waals surface area contributed by atoms with Gasteiger partial charge in [0.05, 0.1) is 11.8 Å². The summed E-state index contributed by atoms with van der Waals surface area (Å²) in [6.07, 6.45) is 6.88. The Balaban J connectivity index is 1.60. The fraction of sp³-hybridized carbons (Fsp3) is 0.238. The molecule has 0 fully saturated rings. The van der Waals surface area contributed by atoms with Crippen molar-refractivity contribution in [2.24, 2.45) is 5.10 Å². The number of nitriles is 1. The van der Waals surface area contributed by atoms with Gasteiger partial charge in [0.2, 0.25) is 0 Å². The molecule has 0 bridgehead atoms. The molecule has 7 nitrogen and oxygen atoms in total. The van der Waals surface area contributed by atoms with Crippen molar-refractivity contribution in [3.05, 3.63) is 58.5 Å². The fourth-order valence-corrected chi connectivity index (χ4v) is 4.22. The lowest BCUT2D eigenvalue weighted by Gasteiger charge is -2.09. The number of thiophene rings is 1. The van der Waals surface area contributed by atoms with E-state index in [0.717, 1.165) is 36.1 Å². The summed E-state index contributed by atoms with van der Waals surface area (Å²) in [7, 11) is 0. The van der Waals surface area contributed by atoms with Crippen LogP contribution in [0.2, 0.25) is 0 Å². The summed E-state index contributed by atoms with van der Waals surface area (Å²) in [5.41, 5.74) is 4.36. The molecule has 1 aromatic carbocycles. The number of nitrogens with zero attached hydrogens (tertiary/aromatic N) is 2. The van der Waals surface area contributed by atoms with Crippen LogP contribution in [0.3, 0.4) is 0 Å². The summed E-state index contributed by atoms with van der Waals surface area (Å²) in [5, 5.41) is 16.2. The molecule has 0 aliphatic heterocycles. The second kappa shape index (κ2) is 9.66. The van der Waals surface area contributed by atoms with Crippen molar-refractivity contribution in [2.75, 3.05) is 11.9 Å². The molecule has 0 spiro atoms. The van der Waals surface area contributed by atoms with Crippen LogP contribution in [0, 0.1) is 11.3 Å². The van der Waals surface area contributed by atoms with Crippen LogP contribution in [0.4, 0.5) is 5.00 Å². The molecular weight excluding hydrogens is 388 g/mol. The molecule has 148 valence electrons. The van der Waals surface area contributed by atoms with Crippen molar-refractivity contribution in [2.45, 2.75) is 25.7 Å². The van der Waals surface area contributed by atoms with Gasteiger partial charge in [-0.15, -0.1) is 11.3 Å². The molecule has 1 heterocycles. The van der Waals surface area contributed by atoms with Crippen molar-refractivity contribution in [1.82, 2.24) is 5.43 Å². The van der Waals surface area contributed by atoms with Gasteiger partial charge < -0.3 is 10.1 Å². The van der Waals surface area contributed by atoms with Crippen LogP contribution in [0.15, 0.2) is 42.0 Å². The van der Waals surface area contributed by atoms with E-state index < -0.39 is 11.8 Å². The number of anilines is 1. The van der Waals surface area contributed by atoms with Gasteiger partial charge in [0.15, 0.2) is 0 Å². The number of ether oxygens (including phenoxy) is 1. The van der Waals surface area contributed by atoms with Crippen LogP contribution in [-0.2, 0) is 22.4 Å². The van der Waals surface area contributed by atoms with E-state index in [1.807, 2.05) is 0 Å². The van der Waals surface area contributed by atoms with E-state index in [1.54, 1.807) is 30.3 Å². The van der Waals surface area contributed by atoms with Gasteiger partial charge in [-0.2, -0.15) is 10.4 Å². The summed E-state index contributed by atoms with van der Waals surface area (Å²) in [6, 6.07) is 9.26. The van der Waals surface area contributed by atoms with Crippen LogP contribution < -0.4 is 15.5 Å². The molecule has 2 aromatic rings. The van der Waals surface area contributed by atoms with E-state index in [0.29, 0.717) is 28.5 Å². The van der Waals surface area contributed by atoms with Crippen LogP contribution in [0.5, 0.6) is 5.75 Å². The Morgan fingerprint density at radius 2 is 2.14 bits per heavy atom. The Morgan fingerprint density at radius 3 is 2.93 bits per heavy atom. The quantitative estimate of drug-likeness (QED) is 0.332. The van der Waals surface area contributed by atoms with Gasteiger partial charge >= 0.3 is 11.8 Å². The maximum atomic E-state index is 12.2. The second-order valence-corrected chi connectivity index (χ2v) is 7.46. The Hall–Kier alpha value is -3.44. The SMILES string of the molecule is C=CCOc1cccc(/C=N\NC(=O)C(=O)Nc2sc3c(c2C#N)CCCC3)c1. The number of carbonyl (C=O) groups excluding carboxylic acids is 2. The summed E-state index contributed by atoms with van der Waals surface area (Å²) < 4.78 is 5.43. The smallest absolute Gasteiger partial charge is 0.329 e. The lowest BCUT2D eigenvalue weighted by molar-refractivity contribution is -0.136. The Labute approximate surface area is 172 Å². The van der Waals surface area contributed by atoms with E-state index >= 15 is 0 Å². The number of carbonyl (C=O) groups is 2. The van der Waals surface area contributed by atoms with Crippen LogP contribution >= 0.6 is 11.3 Å². The predicted molar refractivity (Wildman–Crippen MR) is 112 cm³/mol. The molecular formula is C21H20N4O3S. The van der Waals surface area contributed by atoms with Gasteiger partial charge in [-0.3, -0.25) is 9.59 Å². The minimum absolute atomic E-state index is 0.383. The van der Waals surface area contributed by atoms with E-state index in [2.05, 4.69) is 28.5 Å². The van der Waals surface area contributed by atoms with Crippen molar-refractivity contribution >= 4 is 34.4 Å². The first-order valence-electron chi connectivity index (χ1n) is 9.15.